The number of nitrogens with zero attached hydrogens (tertiary/aromatic N) is 1. The van der Waals surface area contributed by atoms with Gasteiger partial charge in [0.2, 0.25) is 6.54 Å². The molecule has 0 saturated carbocycles. The van der Waals surface area contributed by atoms with E-state index in [1.807, 2.05) is 12.1 Å². The van der Waals surface area contributed by atoms with Crippen LogP contribution in [0, 0.1) is 6.57 Å². The van der Waals surface area contributed by atoms with Crippen molar-refractivity contribution in [2.24, 2.45) is 0 Å². The van der Waals surface area contributed by atoms with Crippen LogP contribution in [0.3, 0.4) is 0 Å². The maximum Gasteiger partial charge on any atom is 0.239 e. The van der Waals surface area contributed by atoms with Crippen LogP contribution >= 0.6 is 0 Å². The molecule has 0 atom stereocenters. The van der Waals surface area contributed by atoms with Crippen molar-refractivity contribution in [1.29, 1.82) is 0 Å². The molecule has 1 aliphatic rings. The Balaban J connectivity index is 2.32. The van der Waals surface area contributed by atoms with E-state index in [-0.39, 0.29) is 5.60 Å². The Morgan fingerprint density at radius 3 is 3.00 bits per heavy atom. The van der Waals surface area contributed by atoms with Crippen LogP contribution in [-0.4, -0.2) is 5.60 Å². The lowest BCUT2D eigenvalue weighted by atomic mass is 10.0. The lowest BCUT2D eigenvalue weighted by Crippen LogP contribution is -2.24. The van der Waals surface area contributed by atoms with Crippen LogP contribution in [0.15, 0.2) is 18.2 Å². The van der Waals surface area contributed by atoms with Crippen molar-refractivity contribution >= 4 is 0 Å². The van der Waals surface area contributed by atoms with Gasteiger partial charge in [0.05, 0.1) is 0 Å². The summed E-state index contributed by atoms with van der Waals surface area (Å²) in [5.41, 5.74) is 2.21. The van der Waals surface area contributed by atoms with E-state index in [1.165, 1.54) is 5.56 Å². The summed E-state index contributed by atoms with van der Waals surface area (Å²) >= 11 is 0. The molecule has 0 aromatic heterocycles. The monoisotopic (exact) mass is 187 g/mol. The van der Waals surface area contributed by atoms with Crippen molar-refractivity contribution in [3.05, 3.63) is 40.7 Å². The summed E-state index contributed by atoms with van der Waals surface area (Å²) in [5.74, 6) is 0.955. The van der Waals surface area contributed by atoms with Crippen molar-refractivity contribution in [3.63, 3.8) is 0 Å². The van der Waals surface area contributed by atoms with E-state index in [2.05, 4.69) is 24.8 Å². The predicted molar refractivity (Wildman–Crippen MR) is 55.2 cm³/mol. The molecule has 2 nitrogen and oxygen atoms in total. The molecule has 1 aliphatic heterocycles. The molecule has 0 bridgehead atoms. The lowest BCUT2D eigenvalue weighted by Gasteiger charge is -2.16. The van der Waals surface area contributed by atoms with E-state index in [0.717, 1.165) is 17.7 Å². The van der Waals surface area contributed by atoms with E-state index >= 15 is 0 Å². The molecule has 0 amide bonds. The quantitative estimate of drug-likeness (QED) is 0.616. The van der Waals surface area contributed by atoms with Crippen LogP contribution in [0.5, 0.6) is 5.75 Å². The molecule has 0 fully saturated rings. The topological polar surface area (TPSA) is 13.6 Å². The summed E-state index contributed by atoms with van der Waals surface area (Å²) in [7, 11) is 0. The standard InChI is InChI=1S/C12H13NO/c1-12(2)7-10-5-4-9(8-13-3)6-11(10)14-12/h4-6H,7-8H2,1-2H3. The summed E-state index contributed by atoms with van der Waals surface area (Å²) in [4.78, 5) is 3.36. The number of rotatable bonds is 1. The molecule has 72 valence electrons. The summed E-state index contributed by atoms with van der Waals surface area (Å²) in [6, 6.07) is 6.08. The van der Waals surface area contributed by atoms with Crippen molar-refractivity contribution in [1.82, 2.24) is 0 Å². The van der Waals surface area contributed by atoms with Crippen molar-refractivity contribution < 1.29 is 4.74 Å². The summed E-state index contributed by atoms with van der Waals surface area (Å²) in [6.45, 7) is 11.4. The van der Waals surface area contributed by atoms with Crippen LogP contribution in [0.25, 0.3) is 4.85 Å². The zero-order valence-electron chi connectivity index (χ0n) is 8.50. The van der Waals surface area contributed by atoms with Gasteiger partial charge in [-0.15, -0.1) is 0 Å². The van der Waals surface area contributed by atoms with Gasteiger partial charge in [0.25, 0.3) is 0 Å². The molecule has 0 radical (unpaired) electrons. The van der Waals surface area contributed by atoms with E-state index in [9.17, 15) is 0 Å². The average Bonchev–Trinajstić information content (AvgIpc) is 2.38. The highest BCUT2D eigenvalue weighted by Crippen LogP contribution is 2.35. The molecular formula is C12H13NO. The van der Waals surface area contributed by atoms with E-state index in [0.29, 0.717) is 6.54 Å². The minimum atomic E-state index is -0.0843. The number of hydrogen-bond donors (Lipinski definition) is 0. The smallest absolute Gasteiger partial charge is 0.239 e. The third kappa shape index (κ3) is 1.58. The Labute approximate surface area is 84.3 Å². The third-order valence-electron chi connectivity index (χ3n) is 2.40. The van der Waals surface area contributed by atoms with Crippen LogP contribution in [0.2, 0.25) is 0 Å². The van der Waals surface area contributed by atoms with Gasteiger partial charge in [-0.1, -0.05) is 12.1 Å². The molecule has 1 aromatic rings. The Kier molecular flexibility index (Phi) is 1.96. The zero-order valence-corrected chi connectivity index (χ0v) is 8.50. The van der Waals surface area contributed by atoms with E-state index in [4.69, 9.17) is 11.3 Å². The Morgan fingerprint density at radius 2 is 2.29 bits per heavy atom. The number of ether oxygens (including phenoxy) is 1. The predicted octanol–water partition coefficient (Wildman–Crippen LogP) is 2.82. The maximum absolute atomic E-state index is 6.80. The van der Waals surface area contributed by atoms with Gasteiger partial charge in [-0.2, -0.15) is 0 Å². The highest BCUT2D eigenvalue weighted by Gasteiger charge is 2.29. The van der Waals surface area contributed by atoms with Crippen molar-refractivity contribution in [3.8, 4) is 5.75 Å². The molecule has 1 aromatic carbocycles. The van der Waals surface area contributed by atoms with Gasteiger partial charge >= 0.3 is 0 Å². The van der Waals surface area contributed by atoms with E-state index < -0.39 is 0 Å². The SMILES string of the molecule is [C-]#[N+]Cc1ccc2c(c1)OC(C)(C)C2. The first kappa shape index (κ1) is 9.08. The normalized spacial score (nSPS) is 16.9. The molecule has 0 N–H and O–H groups in total. The zero-order chi connectivity index (χ0) is 10.2. The molecular weight excluding hydrogens is 174 g/mol. The summed E-state index contributed by atoms with van der Waals surface area (Å²) in [6.07, 6.45) is 0.959. The molecule has 0 saturated heterocycles. The molecule has 14 heavy (non-hydrogen) atoms. The van der Waals surface area contributed by atoms with Gasteiger partial charge in [-0.05, 0) is 25.5 Å². The van der Waals surface area contributed by atoms with Crippen LogP contribution in [0.4, 0.5) is 0 Å². The highest BCUT2D eigenvalue weighted by atomic mass is 16.5. The van der Waals surface area contributed by atoms with Gasteiger partial charge in [0.1, 0.15) is 11.4 Å². The Bertz CT molecular complexity index is 401. The molecule has 2 heteroatoms. The second-order valence-corrected chi connectivity index (χ2v) is 4.30. The first-order chi connectivity index (χ1) is 6.61. The van der Waals surface area contributed by atoms with Gasteiger partial charge in [-0.3, -0.25) is 0 Å². The van der Waals surface area contributed by atoms with Crippen LogP contribution in [0.1, 0.15) is 25.0 Å². The number of hydrogen-bond acceptors (Lipinski definition) is 1. The molecule has 2 rings (SSSR count). The fourth-order valence-corrected chi connectivity index (χ4v) is 1.82. The molecule has 0 spiro atoms. The average molecular weight is 187 g/mol. The number of fused-ring (bicyclic) bond motifs is 1. The second-order valence-electron chi connectivity index (χ2n) is 4.30. The first-order valence-electron chi connectivity index (χ1n) is 4.75. The summed E-state index contributed by atoms with van der Waals surface area (Å²) < 4.78 is 5.78. The van der Waals surface area contributed by atoms with Gasteiger partial charge in [0, 0.05) is 12.0 Å². The van der Waals surface area contributed by atoms with Crippen molar-refractivity contribution in [2.45, 2.75) is 32.4 Å². The summed E-state index contributed by atoms with van der Waals surface area (Å²) in [5, 5.41) is 0. The Morgan fingerprint density at radius 1 is 1.50 bits per heavy atom. The molecule has 0 unspecified atom stereocenters. The lowest BCUT2D eigenvalue weighted by molar-refractivity contribution is 0.138. The fraction of sp³-hybridized carbons (Fsp3) is 0.417. The Hall–Kier alpha value is -1.49. The number of benzene rings is 1. The molecule has 0 aliphatic carbocycles. The van der Waals surface area contributed by atoms with Gasteiger partial charge in [-0.25, -0.2) is 6.57 Å². The maximum atomic E-state index is 6.80. The minimum absolute atomic E-state index is 0.0843. The largest absolute Gasteiger partial charge is 0.487 e. The van der Waals surface area contributed by atoms with E-state index in [1.54, 1.807) is 0 Å². The van der Waals surface area contributed by atoms with Crippen LogP contribution < -0.4 is 4.74 Å². The highest BCUT2D eigenvalue weighted by molar-refractivity contribution is 5.42. The van der Waals surface area contributed by atoms with Crippen molar-refractivity contribution in [2.75, 3.05) is 0 Å². The minimum Gasteiger partial charge on any atom is -0.487 e. The fourth-order valence-electron chi connectivity index (χ4n) is 1.82. The first-order valence-corrected chi connectivity index (χ1v) is 4.75. The van der Waals surface area contributed by atoms with Gasteiger partial charge < -0.3 is 9.58 Å². The van der Waals surface area contributed by atoms with Gasteiger partial charge in [0.15, 0.2) is 0 Å². The second kappa shape index (κ2) is 3.02. The third-order valence-corrected chi connectivity index (χ3v) is 2.40. The van der Waals surface area contributed by atoms with Crippen LogP contribution in [-0.2, 0) is 13.0 Å². The molecule has 1 heterocycles.